The van der Waals surface area contributed by atoms with Gasteiger partial charge in [-0.1, -0.05) is 118 Å². The van der Waals surface area contributed by atoms with Crippen LogP contribution in [-0.2, 0) is 22.4 Å². The number of aryl methyl sites for hydroxylation is 3. The maximum absolute atomic E-state index is 14.3. The Kier molecular flexibility index (Phi) is 23.8. The summed E-state index contributed by atoms with van der Waals surface area (Å²) in [6.07, 6.45) is 8.70. The fourth-order valence-corrected chi connectivity index (χ4v) is 4.27. The van der Waals surface area contributed by atoms with Crippen molar-refractivity contribution in [3.05, 3.63) is 100 Å². The topological polar surface area (TPSA) is 68.3 Å². The summed E-state index contributed by atoms with van der Waals surface area (Å²) in [4.78, 5) is 25.0. The number of anilines is 1. The van der Waals surface area contributed by atoms with Gasteiger partial charge >= 0.3 is 0 Å². The van der Waals surface area contributed by atoms with Crippen LogP contribution in [-0.4, -0.2) is 23.8 Å². The lowest BCUT2D eigenvalue weighted by molar-refractivity contribution is -0.124. The predicted molar refractivity (Wildman–Crippen MR) is 218 cm³/mol. The van der Waals surface area contributed by atoms with E-state index < -0.39 is 0 Å². The highest BCUT2D eigenvalue weighted by atomic mass is 19.1. The van der Waals surface area contributed by atoms with Crippen LogP contribution in [0.1, 0.15) is 130 Å². The highest BCUT2D eigenvalue weighted by Gasteiger charge is 2.15. The van der Waals surface area contributed by atoms with Gasteiger partial charge in [-0.05, 0) is 92.1 Å². The van der Waals surface area contributed by atoms with Crippen LogP contribution >= 0.6 is 0 Å². The number of amides is 1. The van der Waals surface area contributed by atoms with Gasteiger partial charge in [-0.2, -0.15) is 0 Å². The second-order valence-electron chi connectivity index (χ2n) is 14.1. The molecule has 5 nitrogen and oxygen atoms in total. The van der Waals surface area contributed by atoms with E-state index in [4.69, 9.17) is 4.74 Å². The lowest BCUT2D eigenvalue weighted by atomic mass is 9.92. The van der Waals surface area contributed by atoms with Crippen molar-refractivity contribution in [3.8, 4) is 5.75 Å². The average molecular weight is 703 g/mol. The van der Waals surface area contributed by atoms with Crippen LogP contribution in [0.5, 0.6) is 5.75 Å². The molecule has 0 aliphatic heterocycles. The molecular weight excluding hydrogens is 636 g/mol. The van der Waals surface area contributed by atoms with E-state index >= 15 is 0 Å². The maximum atomic E-state index is 14.3. The number of nitrogens with zero attached hydrogens (tertiary/aromatic N) is 1. The Bertz CT molecular complexity index is 1550. The molecule has 51 heavy (non-hydrogen) atoms. The Hall–Kier alpha value is -4.06. The number of carbonyl (C=O) groups is 2. The summed E-state index contributed by atoms with van der Waals surface area (Å²) in [5.74, 6) is 1.86. The largest absolute Gasteiger partial charge is 0.493 e. The monoisotopic (exact) mass is 703 g/mol. The minimum absolute atomic E-state index is 0.139. The molecular formula is C45H67FN2O3. The fraction of sp³-hybridized carbons (Fsp3) is 0.489. The Morgan fingerprint density at radius 3 is 1.96 bits per heavy atom. The van der Waals surface area contributed by atoms with Gasteiger partial charge in [0.25, 0.3) is 0 Å². The van der Waals surface area contributed by atoms with Crippen LogP contribution in [0.25, 0.3) is 10.9 Å². The number of pyridine rings is 1. The summed E-state index contributed by atoms with van der Waals surface area (Å²) in [7, 11) is 0. The first-order chi connectivity index (χ1) is 24.1. The molecule has 0 aliphatic rings. The van der Waals surface area contributed by atoms with Crippen molar-refractivity contribution in [3.63, 3.8) is 0 Å². The standard InChI is InChI=1S/C25H30FNO.C8H9NO.C6H12O.C4H10.C2H6/c1-4-6-7-8-13-28-25-17-24-22(16-19(25)5-2)20(11-12-27-24)15-21-10-9-18(3)14-23(21)26;1-7-2-4-8(5-3-7)9-6-10;1-5(7)6(2,3)4;1-4(2)3;1-2/h9-12,14,16-17H,4-8,13,15H2,1-3H3;2-6H,1H3,(H,9,10);1-4H3;4H,1-3H3;1-2H3. The summed E-state index contributed by atoms with van der Waals surface area (Å²) in [5, 5.41) is 3.64. The highest BCUT2D eigenvalue weighted by Crippen LogP contribution is 2.29. The summed E-state index contributed by atoms with van der Waals surface area (Å²) in [6, 6.07) is 19.3. The van der Waals surface area contributed by atoms with Gasteiger partial charge in [0, 0.05) is 35.2 Å². The number of unbranched alkanes of at least 4 members (excludes halogenated alkanes) is 3. The number of rotatable bonds is 11. The number of ketones is 1. The Labute approximate surface area is 309 Å². The van der Waals surface area contributed by atoms with E-state index in [1.807, 2.05) is 97.0 Å². The number of benzene rings is 3. The molecule has 0 aliphatic carbocycles. The molecule has 0 unspecified atom stereocenters. The summed E-state index contributed by atoms with van der Waals surface area (Å²) < 4.78 is 20.4. The number of nitrogens with one attached hydrogen (secondary N) is 1. The van der Waals surface area contributed by atoms with Crippen molar-refractivity contribution in [2.24, 2.45) is 11.3 Å². The van der Waals surface area contributed by atoms with Crippen LogP contribution < -0.4 is 10.1 Å². The van der Waals surface area contributed by atoms with Gasteiger partial charge in [0.2, 0.25) is 6.41 Å². The second kappa shape index (κ2) is 25.8. The van der Waals surface area contributed by atoms with Gasteiger partial charge in [-0.15, -0.1) is 0 Å². The SMILES string of the molecule is CC.CC(=O)C(C)(C)C.CC(C)C.CCCCCCOc1cc2nccc(Cc3ccc(C)cc3F)c2cc1CC.Cc1ccc(NC=O)cc1. The van der Waals surface area contributed by atoms with Crippen LogP contribution in [0.3, 0.4) is 0 Å². The molecule has 0 fully saturated rings. The van der Waals surface area contributed by atoms with E-state index in [1.165, 1.54) is 30.4 Å². The summed E-state index contributed by atoms with van der Waals surface area (Å²) in [5.41, 5.74) is 6.73. The van der Waals surface area contributed by atoms with Crippen LogP contribution in [0.2, 0.25) is 0 Å². The van der Waals surface area contributed by atoms with Crippen molar-refractivity contribution in [1.82, 2.24) is 4.98 Å². The smallest absolute Gasteiger partial charge is 0.211 e. The summed E-state index contributed by atoms with van der Waals surface area (Å²) >= 11 is 0. The minimum Gasteiger partial charge on any atom is -0.493 e. The zero-order valence-electron chi connectivity index (χ0n) is 34.0. The third kappa shape index (κ3) is 19.8. The number of aromatic nitrogens is 1. The molecule has 4 rings (SSSR count). The number of ether oxygens (including phenoxy) is 1. The van der Waals surface area contributed by atoms with Gasteiger partial charge < -0.3 is 10.1 Å². The average Bonchev–Trinajstić information content (AvgIpc) is 3.07. The fourth-order valence-electron chi connectivity index (χ4n) is 4.27. The Morgan fingerprint density at radius 2 is 1.45 bits per heavy atom. The maximum Gasteiger partial charge on any atom is 0.211 e. The molecule has 0 saturated carbocycles. The van der Waals surface area contributed by atoms with E-state index in [-0.39, 0.29) is 17.0 Å². The number of fused-ring (bicyclic) bond motifs is 1. The van der Waals surface area contributed by atoms with Crippen molar-refractivity contribution in [2.75, 3.05) is 11.9 Å². The normalized spacial score (nSPS) is 10.3. The first kappa shape index (κ1) is 46.9. The zero-order valence-corrected chi connectivity index (χ0v) is 34.0. The summed E-state index contributed by atoms with van der Waals surface area (Å²) in [6.45, 7) is 26.9. The molecule has 4 aromatic rings. The molecule has 282 valence electrons. The second-order valence-corrected chi connectivity index (χ2v) is 14.1. The van der Waals surface area contributed by atoms with Gasteiger partial charge in [0.15, 0.2) is 0 Å². The molecule has 0 bridgehead atoms. The molecule has 6 heteroatoms. The minimum atomic E-state index is -0.146. The van der Waals surface area contributed by atoms with E-state index in [0.29, 0.717) is 18.4 Å². The third-order valence-electron chi connectivity index (χ3n) is 7.57. The molecule has 3 aromatic carbocycles. The Morgan fingerprint density at radius 1 is 0.863 bits per heavy atom. The zero-order chi connectivity index (χ0) is 39.0. The van der Waals surface area contributed by atoms with Crippen LogP contribution in [0.15, 0.2) is 66.9 Å². The first-order valence-electron chi connectivity index (χ1n) is 18.7. The molecule has 1 N–H and O–H groups in total. The van der Waals surface area contributed by atoms with Gasteiger partial charge in [0.1, 0.15) is 17.3 Å². The van der Waals surface area contributed by atoms with Crippen LogP contribution in [0, 0.1) is 31.0 Å². The molecule has 1 aromatic heterocycles. The van der Waals surface area contributed by atoms with Crippen molar-refractivity contribution in [2.45, 2.75) is 129 Å². The molecule has 0 radical (unpaired) electrons. The van der Waals surface area contributed by atoms with Gasteiger partial charge in [0.05, 0.1) is 12.1 Å². The molecule has 0 atom stereocenters. The molecule has 0 spiro atoms. The number of hydrogen-bond donors (Lipinski definition) is 1. The number of hydrogen-bond acceptors (Lipinski definition) is 4. The van der Waals surface area contributed by atoms with E-state index in [2.05, 4.69) is 51.0 Å². The van der Waals surface area contributed by atoms with E-state index in [0.717, 1.165) is 58.8 Å². The number of carbonyl (C=O) groups excluding carboxylic acids is 2. The number of halogens is 1. The third-order valence-corrected chi connectivity index (χ3v) is 7.57. The van der Waals surface area contributed by atoms with Crippen molar-refractivity contribution >= 4 is 28.8 Å². The van der Waals surface area contributed by atoms with E-state index in [9.17, 15) is 14.0 Å². The molecule has 1 amide bonds. The van der Waals surface area contributed by atoms with Crippen molar-refractivity contribution in [1.29, 1.82) is 0 Å². The lowest BCUT2D eigenvalue weighted by Gasteiger charge is -2.14. The van der Waals surface area contributed by atoms with Crippen molar-refractivity contribution < 1.29 is 18.7 Å². The van der Waals surface area contributed by atoms with E-state index in [1.54, 1.807) is 19.2 Å². The predicted octanol–water partition coefficient (Wildman–Crippen LogP) is 12.7. The van der Waals surface area contributed by atoms with Crippen LogP contribution in [0.4, 0.5) is 10.1 Å². The Balaban J connectivity index is 0.000000884. The molecule has 1 heterocycles. The first-order valence-corrected chi connectivity index (χ1v) is 18.7. The molecule has 0 saturated heterocycles. The highest BCUT2D eigenvalue weighted by molar-refractivity contribution is 5.85. The quantitative estimate of drug-likeness (QED) is 0.125. The number of Topliss-reactive ketones (excluding diaryl/α,β-unsaturated/α-hetero) is 1. The van der Waals surface area contributed by atoms with Gasteiger partial charge in [-0.25, -0.2) is 4.39 Å². The lowest BCUT2D eigenvalue weighted by Crippen LogP contribution is -2.15. The van der Waals surface area contributed by atoms with Gasteiger partial charge in [-0.3, -0.25) is 14.6 Å².